The van der Waals surface area contributed by atoms with Gasteiger partial charge in [0, 0.05) is 5.56 Å². The Labute approximate surface area is 111 Å². The highest BCUT2D eigenvalue weighted by Crippen LogP contribution is 2.37. The van der Waals surface area contributed by atoms with Crippen molar-refractivity contribution in [2.45, 2.75) is 0 Å². The summed E-state index contributed by atoms with van der Waals surface area (Å²) in [6.45, 7) is 0. The first-order valence-corrected chi connectivity index (χ1v) is 5.47. The minimum absolute atomic E-state index is 0.152. The van der Waals surface area contributed by atoms with Crippen molar-refractivity contribution in [2.75, 3.05) is 21.3 Å². The van der Waals surface area contributed by atoms with Crippen molar-refractivity contribution in [3.63, 3.8) is 0 Å². The maximum Gasteiger partial charge on any atom is 0.221 e. The first-order valence-electron chi connectivity index (χ1n) is 5.06. The summed E-state index contributed by atoms with van der Waals surface area (Å²) in [5, 5.41) is 2.90. The van der Waals surface area contributed by atoms with Crippen LogP contribution >= 0.6 is 12.2 Å². The van der Waals surface area contributed by atoms with Gasteiger partial charge in [0.1, 0.15) is 0 Å². The van der Waals surface area contributed by atoms with Gasteiger partial charge in [0.25, 0.3) is 0 Å². The molecule has 18 heavy (non-hydrogen) atoms. The molecule has 0 heterocycles. The molecule has 0 aliphatic heterocycles. The summed E-state index contributed by atoms with van der Waals surface area (Å²) in [5.41, 5.74) is 8.68. The zero-order valence-corrected chi connectivity index (χ0v) is 11.3. The second-order valence-corrected chi connectivity index (χ2v) is 3.68. The van der Waals surface area contributed by atoms with Crippen LogP contribution in [0.4, 0.5) is 0 Å². The van der Waals surface area contributed by atoms with Gasteiger partial charge in [-0.3, -0.25) is 0 Å². The maximum atomic E-state index is 5.28. The molecule has 6 nitrogen and oxygen atoms in total. The molecule has 0 amide bonds. The number of nitrogens with two attached hydrogens (primary N) is 1. The summed E-state index contributed by atoms with van der Waals surface area (Å²) < 4.78 is 15.7. The Bertz CT molecular complexity index is 438. The highest BCUT2D eigenvalue weighted by atomic mass is 32.1. The van der Waals surface area contributed by atoms with Crippen molar-refractivity contribution in [1.29, 1.82) is 0 Å². The van der Waals surface area contributed by atoms with Gasteiger partial charge in [0.05, 0.1) is 21.3 Å². The molecule has 7 heteroatoms. The number of hydrogen-bond donors (Lipinski definition) is 3. The number of thiocarbonyl (C=S) groups is 1. The van der Waals surface area contributed by atoms with Gasteiger partial charge in [-0.25, -0.2) is 0 Å². The molecule has 0 atom stereocenters. The summed E-state index contributed by atoms with van der Waals surface area (Å²) in [6, 6.07) is 3.57. The lowest BCUT2D eigenvalue weighted by Crippen LogP contribution is -2.82. The van der Waals surface area contributed by atoms with Crippen molar-refractivity contribution in [3.8, 4) is 17.2 Å². The summed E-state index contributed by atoms with van der Waals surface area (Å²) in [7, 11) is 4.67. The van der Waals surface area contributed by atoms with Crippen LogP contribution in [0.25, 0.3) is 0 Å². The van der Waals surface area contributed by atoms with E-state index < -0.39 is 0 Å². The first-order chi connectivity index (χ1) is 8.62. The normalized spacial score (nSPS) is 10.2. The lowest BCUT2D eigenvalue weighted by atomic mass is 10.2. The quantitative estimate of drug-likeness (QED) is 0.360. The minimum Gasteiger partial charge on any atom is -0.493 e. The van der Waals surface area contributed by atoms with E-state index in [0.717, 1.165) is 5.56 Å². The van der Waals surface area contributed by atoms with Gasteiger partial charge in [0.2, 0.25) is 10.9 Å². The molecule has 0 aliphatic carbocycles. The Morgan fingerprint density at radius 2 is 1.78 bits per heavy atom. The van der Waals surface area contributed by atoms with Gasteiger partial charge < -0.3 is 19.9 Å². The summed E-state index contributed by atoms with van der Waals surface area (Å²) in [6.07, 6.45) is 1.67. The fourth-order valence-corrected chi connectivity index (χ4v) is 1.43. The van der Waals surface area contributed by atoms with Crippen molar-refractivity contribution >= 4 is 23.5 Å². The number of hydrogen-bond acceptors (Lipinski definition) is 4. The molecular weight excluding hydrogens is 254 g/mol. The van der Waals surface area contributed by atoms with Crippen molar-refractivity contribution in [1.82, 2.24) is 5.43 Å². The lowest BCUT2D eigenvalue weighted by Gasteiger charge is -2.11. The summed E-state index contributed by atoms with van der Waals surface area (Å²) in [4.78, 5) is 0. The van der Waals surface area contributed by atoms with Gasteiger partial charge in [-0.05, 0) is 24.4 Å². The van der Waals surface area contributed by atoms with Crippen LogP contribution in [0.3, 0.4) is 0 Å². The third-order valence-corrected chi connectivity index (χ3v) is 2.22. The van der Waals surface area contributed by atoms with Crippen LogP contribution in [0.15, 0.2) is 12.1 Å². The van der Waals surface area contributed by atoms with Crippen LogP contribution in [-0.2, 0) is 0 Å². The summed E-state index contributed by atoms with van der Waals surface area (Å²) in [5.74, 6) is 1.68. The monoisotopic (exact) mass is 270 g/mol. The Morgan fingerprint density at radius 3 is 2.17 bits per heavy atom. The van der Waals surface area contributed by atoms with Crippen molar-refractivity contribution in [3.05, 3.63) is 17.7 Å². The highest BCUT2D eigenvalue weighted by Gasteiger charge is 2.13. The zero-order valence-electron chi connectivity index (χ0n) is 10.4. The van der Waals surface area contributed by atoms with Crippen molar-refractivity contribution in [2.24, 2.45) is 5.73 Å². The van der Waals surface area contributed by atoms with Crippen LogP contribution in [0.5, 0.6) is 17.2 Å². The number of ether oxygens (including phenoxy) is 3. The average molecular weight is 270 g/mol. The molecule has 0 bridgehead atoms. The second-order valence-electron chi connectivity index (χ2n) is 3.24. The number of methoxy groups -OCH3 is 3. The third-order valence-electron chi connectivity index (χ3n) is 2.12. The Balaban J connectivity index is 3.07. The molecule has 0 fully saturated rings. The molecule has 1 aromatic rings. The number of hydrazone groups is 1. The molecule has 0 spiro atoms. The van der Waals surface area contributed by atoms with E-state index in [9.17, 15) is 0 Å². The standard InChI is InChI=1S/C11H15N3O3S/c1-15-8-4-7(6-13-14-11(12)18)5-9(16-2)10(8)17-3/h4-6H,1-3H3,(H3,12,14,18)/p+1. The second kappa shape index (κ2) is 6.65. The topological polar surface area (TPSA) is 79.7 Å². The Hall–Kier alpha value is -2.02. The first kappa shape index (κ1) is 14.0. The molecule has 98 valence electrons. The fraction of sp³-hybridized carbons (Fsp3) is 0.273. The number of nitrogens with one attached hydrogen (secondary N) is 2. The molecule has 0 unspecified atom stereocenters. The molecule has 0 saturated heterocycles. The molecule has 1 rings (SSSR count). The van der Waals surface area contributed by atoms with Gasteiger partial charge in [-0.15, -0.1) is 10.5 Å². The van der Waals surface area contributed by atoms with E-state index >= 15 is 0 Å². The van der Waals surface area contributed by atoms with Crippen LogP contribution in [0.1, 0.15) is 5.56 Å². The smallest absolute Gasteiger partial charge is 0.221 e. The number of rotatable bonds is 5. The largest absolute Gasteiger partial charge is 0.493 e. The SMILES string of the molecule is COc1cc(C=[NH+]NC(N)=S)cc(OC)c1OC. The molecule has 0 aliphatic rings. The van der Waals surface area contributed by atoms with Crippen LogP contribution in [0.2, 0.25) is 0 Å². The van der Waals surface area contributed by atoms with E-state index in [1.807, 2.05) is 0 Å². The summed E-state index contributed by atoms with van der Waals surface area (Å²) >= 11 is 4.66. The highest BCUT2D eigenvalue weighted by molar-refractivity contribution is 7.80. The lowest BCUT2D eigenvalue weighted by molar-refractivity contribution is -0.499. The van der Waals surface area contributed by atoms with E-state index in [-0.39, 0.29) is 5.11 Å². The number of hydrazine groups is 1. The number of benzene rings is 1. The molecule has 0 radical (unpaired) electrons. The van der Waals surface area contributed by atoms with E-state index in [1.54, 1.807) is 39.7 Å². The predicted octanol–water partition coefficient (Wildman–Crippen LogP) is -1.04. The van der Waals surface area contributed by atoms with Crippen LogP contribution in [-0.4, -0.2) is 32.7 Å². The Morgan fingerprint density at radius 1 is 1.22 bits per heavy atom. The van der Waals surface area contributed by atoms with Crippen LogP contribution in [0, 0.1) is 0 Å². The predicted molar refractivity (Wildman–Crippen MR) is 72.1 cm³/mol. The van der Waals surface area contributed by atoms with Gasteiger partial charge in [-0.2, -0.15) is 0 Å². The van der Waals surface area contributed by atoms with Gasteiger partial charge in [0.15, 0.2) is 17.7 Å². The molecule has 4 N–H and O–H groups in total. The van der Waals surface area contributed by atoms with Gasteiger partial charge in [-0.1, -0.05) is 0 Å². The van der Waals surface area contributed by atoms with E-state index in [1.165, 1.54) is 0 Å². The Kier molecular flexibility index (Phi) is 5.19. The fourth-order valence-electron chi connectivity index (χ4n) is 1.38. The van der Waals surface area contributed by atoms with Crippen molar-refractivity contribution < 1.29 is 19.3 Å². The van der Waals surface area contributed by atoms with Crippen LogP contribution < -0.4 is 30.5 Å². The molecular formula is C11H16N3O3S+. The minimum atomic E-state index is 0.152. The third kappa shape index (κ3) is 3.49. The van der Waals surface area contributed by atoms with E-state index in [0.29, 0.717) is 17.2 Å². The molecule has 0 saturated carbocycles. The maximum absolute atomic E-state index is 5.28. The van der Waals surface area contributed by atoms with E-state index in [4.69, 9.17) is 19.9 Å². The molecule has 1 aromatic carbocycles. The zero-order chi connectivity index (χ0) is 13.5. The van der Waals surface area contributed by atoms with Gasteiger partial charge >= 0.3 is 0 Å². The van der Waals surface area contributed by atoms with E-state index in [2.05, 4.69) is 22.7 Å². The molecule has 0 aromatic heterocycles. The average Bonchev–Trinajstić information content (AvgIpc) is 2.36.